The number of nitrogens with zero attached hydrogens (tertiary/aromatic N) is 1. The van der Waals surface area contributed by atoms with Gasteiger partial charge in [-0.2, -0.15) is 0 Å². The molecule has 0 radical (unpaired) electrons. The average molecular weight is 276 g/mol. The monoisotopic (exact) mass is 276 g/mol. The fourth-order valence-electron chi connectivity index (χ4n) is 2.72. The van der Waals surface area contributed by atoms with Crippen molar-refractivity contribution in [3.8, 4) is 0 Å². The van der Waals surface area contributed by atoms with Crippen LogP contribution in [0.25, 0.3) is 0 Å². The SMILES string of the molecule is NC(=O)c1ccc(C(=O)N(CCO)C2CCCC2)cc1. The maximum absolute atomic E-state index is 12.5. The summed E-state index contributed by atoms with van der Waals surface area (Å²) in [5, 5.41) is 9.15. The molecule has 1 aliphatic carbocycles. The van der Waals surface area contributed by atoms with Crippen LogP contribution in [0.4, 0.5) is 0 Å². The number of aliphatic hydroxyl groups excluding tert-OH is 1. The van der Waals surface area contributed by atoms with E-state index in [9.17, 15) is 9.59 Å². The van der Waals surface area contributed by atoms with Crippen molar-refractivity contribution in [2.45, 2.75) is 31.7 Å². The first kappa shape index (κ1) is 14.5. The van der Waals surface area contributed by atoms with Gasteiger partial charge in [-0.05, 0) is 37.1 Å². The third-order valence-electron chi connectivity index (χ3n) is 3.78. The number of carbonyl (C=O) groups is 2. The van der Waals surface area contributed by atoms with Crippen LogP contribution in [0.3, 0.4) is 0 Å². The van der Waals surface area contributed by atoms with Crippen molar-refractivity contribution in [2.24, 2.45) is 5.73 Å². The molecule has 0 heterocycles. The van der Waals surface area contributed by atoms with Gasteiger partial charge >= 0.3 is 0 Å². The quantitative estimate of drug-likeness (QED) is 0.846. The van der Waals surface area contributed by atoms with Gasteiger partial charge in [-0.25, -0.2) is 0 Å². The Morgan fingerprint density at radius 3 is 2.20 bits per heavy atom. The Balaban J connectivity index is 2.15. The lowest BCUT2D eigenvalue weighted by molar-refractivity contribution is 0.0637. The summed E-state index contributed by atoms with van der Waals surface area (Å²) in [6.45, 7) is 0.308. The molecule has 1 fully saturated rings. The van der Waals surface area contributed by atoms with Gasteiger partial charge in [0.15, 0.2) is 0 Å². The molecule has 3 N–H and O–H groups in total. The standard InChI is InChI=1S/C15H20N2O3/c16-14(19)11-5-7-12(8-6-11)15(20)17(9-10-18)13-3-1-2-4-13/h5-8,13,18H,1-4,9-10H2,(H2,16,19). The van der Waals surface area contributed by atoms with Crippen molar-refractivity contribution in [1.82, 2.24) is 4.90 Å². The van der Waals surface area contributed by atoms with E-state index in [0.717, 1.165) is 25.7 Å². The van der Waals surface area contributed by atoms with Gasteiger partial charge in [0.2, 0.25) is 5.91 Å². The second-order valence-electron chi connectivity index (χ2n) is 5.10. The lowest BCUT2D eigenvalue weighted by Crippen LogP contribution is -2.40. The molecule has 0 atom stereocenters. The molecule has 2 rings (SSSR count). The molecule has 1 aromatic rings. The molecule has 2 amide bonds. The van der Waals surface area contributed by atoms with Crippen LogP contribution in [0.15, 0.2) is 24.3 Å². The molecule has 0 saturated heterocycles. The van der Waals surface area contributed by atoms with Crippen molar-refractivity contribution in [2.75, 3.05) is 13.2 Å². The Kier molecular flexibility index (Phi) is 4.74. The Hall–Kier alpha value is -1.88. The molecule has 0 spiro atoms. The Bertz CT molecular complexity index is 478. The number of amides is 2. The fraction of sp³-hybridized carbons (Fsp3) is 0.467. The van der Waals surface area contributed by atoms with E-state index in [1.165, 1.54) is 0 Å². The summed E-state index contributed by atoms with van der Waals surface area (Å²) in [5.41, 5.74) is 6.09. The van der Waals surface area contributed by atoms with E-state index in [1.54, 1.807) is 29.2 Å². The molecule has 0 aromatic heterocycles. The van der Waals surface area contributed by atoms with Gasteiger partial charge in [0.1, 0.15) is 0 Å². The smallest absolute Gasteiger partial charge is 0.254 e. The Morgan fingerprint density at radius 2 is 1.70 bits per heavy atom. The highest BCUT2D eigenvalue weighted by Gasteiger charge is 2.26. The summed E-state index contributed by atoms with van der Waals surface area (Å²) >= 11 is 0. The number of primary amides is 1. The summed E-state index contributed by atoms with van der Waals surface area (Å²) in [5.74, 6) is -0.603. The van der Waals surface area contributed by atoms with E-state index >= 15 is 0 Å². The van der Waals surface area contributed by atoms with Crippen LogP contribution in [0.2, 0.25) is 0 Å². The lowest BCUT2D eigenvalue weighted by Gasteiger charge is -2.28. The van der Waals surface area contributed by atoms with Crippen LogP contribution in [0, 0.1) is 0 Å². The summed E-state index contributed by atoms with van der Waals surface area (Å²) in [4.78, 5) is 25.3. The van der Waals surface area contributed by atoms with Gasteiger partial charge in [0.25, 0.3) is 5.91 Å². The highest BCUT2D eigenvalue weighted by molar-refractivity contribution is 5.97. The third kappa shape index (κ3) is 3.17. The number of carbonyl (C=O) groups excluding carboxylic acids is 2. The van der Waals surface area contributed by atoms with Crippen LogP contribution in [0.5, 0.6) is 0 Å². The van der Waals surface area contributed by atoms with Gasteiger partial charge in [-0.3, -0.25) is 9.59 Å². The average Bonchev–Trinajstić information content (AvgIpc) is 2.98. The maximum Gasteiger partial charge on any atom is 0.254 e. The minimum Gasteiger partial charge on any atom is -0.395 e. The first-order chi connectivity index (χ1) is 9.63. The normalized spacial score (nSPS) is 15.2. The molecule has 0 aliphatic heterocycles. The van der Waals surface area contributed by atoms with Crippen molar-refractivity contribution >= 4 is 11.8 Å². The first-order valence-corrected chi connectivity index (χ1v) is 6.95. The Labute approximate surface area is 118 Å². The number of hydrogen-bond donors (Lipinski definition) is 2. The topological polar surface area (TPSA) is 83.6 Å². The number of hydrogen-bond acceptors (Lipinski definition) is 3. The number of nitrogens with two attached hydrogens (primary N) is 1. The number of aliphatic hydroxyl groups is 1. The summed E-state index contributed by atoms with van der Waals surface area (Å²) in [6, 6.07) is 6.55. The number of rotatable bonds is 5. The van der Waals surface area contributed by atoms with Crippen molar-refractivity contribution in [3.05, 3.63) is 35.4 Å². The zero-order valence-electron chi connectivity index (χ0n) is 11.4. The molecule has 0 unspecified atom stereocenters. The maximum atomic E-state index is 12.5. The summed E-state index contributed by atoms with van der Waals surface area (Å²) in [6.07, 6.45) is 4.23. The predicted molar refractivity (Wildman–Crippen MR) is 75.3 cm³/mol. The molecular weight excluding hydrogens is 256 g/mol. The van der Waals surface area contributed by atoms with Gasteiger partial charge in [0, 0.05) is 23.7 Å². The molecule has 1 aromatic carbocycles. The molecule has 1 aliphatic rings. The summed E-state index contributed by atoms with van der Waals surface area (Å²) in [7, 11) is 0. The van der Waals surface area contributed by atoms with Gasteiger partial charge in [-0.1, -0.05) is 12.8 Å². The first-order valence-electron chi connectivity index (χ1n) is 6.95. The zero-order valence-corrected chi connectivity index (χ0v) is 11.4. The predicted octanol–water partition coefficient (Wildman–Crippen LogP) is 1.16. The second-order valence-corrected chi connectivity index (χ2v) is 5.10. The summed E-state index contributed by atoms with van der Waals surface area (Å²) < 4.78 is 0. The van der Waals surface area contributed by atoms with E-state index in [0.29, 0.717) is 17.7 Å². The van der Waals surface area contributed by atoms with E-state index < -0.39 is 5.91 Å². The molecular formula is C15H20N2O3. The van der Waals surface area contributed by atoms with Crippen LogP contribution < -0.4 is 5.73 Å². The molecule has 20 heavy (non-hydrogen) atoms. The van der Waals surface area contributed by atoms with Crippen LogP contribution in [0.1, 0.15) is 46.4 Å². The van der Waals surface area contributed by atoms with Gasteiger partial charge in [-0.15, -0.1) is 0 Å². The van der Waals surface area contributed by atoms with Gasteiger partial charge in [0.05, 0.1) is 6.61 Å². The largest absolute Gasteiger partial charge is 0.395 e. The van der Waals surface area contributed by atoms with Crippen molar-refractivity contribution in [3.63, 3.8) is 0 Å². The number of benzene rings is 1. The second kappa shape index (κ2) is 6.52. The Morgan fingerprint density at radius 1 is 1.15 bits per heavy atom. The van der Waals surface area contributed by atoms with E-state index in [2.05, 4.69) is 0 Å². The lowest BCUT2D eigenvalue weighted by atomic mass is 10.1. The molecule has 108 valence electrons. The van der Waals surface area contributed by atoms with Crippen LogP contribution in [-0.4, -0.2) is 41.0 Å². The third-order valence-corrected chi connectivity index (χ3v) is 3.78. The molecule has 5 heteroatoms. The molecule has 5 nitrogen and oxygen atoms in total. The highest BCUT2D eigenvalue weighted by atomic mass is 16.3. The molecule has 1 saturated carbocycles. The van der Waals surface area contributed by atoms with Gasteiger partial charge < -0.3 is 15.7 Å². The fourth-order valence-corrected chi connectivity index (χ4v) is 2.72. The van der Waals surface area contributed by atoms with E-state index in [1.807, 2.05) is 0 Å². The highest BCUT2D eigenvalue weighted by Crippen LogP contribution is 2.24. The minimum absolute atomic E-state index is 0.0401. The van der Waals surface area contributed by atoms with E-state index in [-0.39, 0.29) is 18.6 Å². The zero-order chi connectivity index (χ0) is 14.5. The van der Waals surface area contributed by atoms with Crippen LogP contribution >= 0.6 is 0 Å². The molecule has 0 bridgehead atoms. The van der Waals surface area contributed by atoms with Crippen LogP contribution in [-0.2, 0) is 0 Å². The van der Waals surface area contributed by atoms with Crippen molar-refractivity contribution < 1.29 is 14.7 Å². The minimum atomic E-state index is -0.507. The van der Waals surface area contributed by atoms with E-state index in [4.69, 9.17) is 10.8 Å². The van der Waals surface area contributed by atoms with Crippen molar-refractivity contribution in [1.29, 1.82) is 0 Å².